The molecule has 2 aromatic rings. The van der Waals surface area contributed by atoms with Gasteiger partial charge in [0.25, 0.3) is 0 Å². The number of carbonyl (C=O) groups is 2. The molecule has 0 bridgehead atoms. The van der Waals surface area contributed by atoms with E-state index in [-0.39, 0.29) is 18.6 Å². The summed E-state index contributed by atoms with van der Waals surface area (Å²) in [7, 11) is 0. The zero-order valence-corrected chi connectivity index (χ0v) is 24.0. The number of aliphatic hydroxyl groups is 1. The molecule has 4 N–H and O–H groups in total. The van der Waals surface area contributed by atoms with E-state index in [0.717, 1.165) is 29.0 Å². The van der Waals surface area contributed by atoms with Crippen LogP contribution in [0.1, 0.15) is 37.8 Å². The van der Waals surface area contributed by atoms with Crippen molar-refractivity contribution in [2.24, 2.45) is 10.7 Å². The summed E-state index contributed by atoms with van der Waals surface area (Å²) in [6, 6.07) is 15.4. The van der Waals surface area contributed by atoms with Gasteiger partial charge in [-0.25, -0.2) is 0 Å². The summed E-state index contributed by atoms with van der Waals surface area (Å²) < 4.78 is 6.06. The molecule has 5 atom stereocenters. The Morgan fingerprint density at radius 1 is 1.23 bits per heavy atom. The van der Waals surface area contributed by atoms with Gasteiger partial charge in [-0.15, -0.1) is 11.8 Å². The van der Waals surface area contributed by atoms with Crippen LogP contribution in [0.4, 0.5) is 0 Å². The van der Waals surface area contributed by atoms with Crippen LogP contribution < -0.4 is 11.1 Å². The summed E-state index contributed by atoms with van der Waals surface area (Å²) in [6.07, 6.45) is 1.56. The maximum Gasteiger partial charge on any atom is 0.248 e. The number of thioether (sulfide) groups is 1. The van der Waals surface area contributed by atoms with Crippen LogP contribution in [0.5, 0.6) is 0 Å². The van der Waals surface area contributed by atoms with E-state index in [4.69, 9.17) is 27.1 Å². The third-order valence-corrected chi connectivity index (χ3v) is 8.75. The standard InChI is InChI=1S/C29H37ClN4O4S/c1-19(31)26(36)32-25(20(2)38-16-21-8-4-3-5-9-21)28(37)34-13-7-12-24(34)27-33-29(17-35,18-39-27)15-22-10-6-11-23(30)14-22/h3-6,8-11,14,19-20,24-25,35H,7,12-13,15-18,31H2,1-2H3,(H,32,36)/t19-,20?,24-,25?,29-/m0/s1. The van der Waals surface area contributed by atoms with Gasteiger partial charge in [-0.2, -0.15) is 0 Å². The second kappa shape index (κ2) is 13.3. The summed E-state index contributed by atoms with van der Waals surface area (Å²) in [5, 5.41) is 14.6. The van der Waals surface area contributed by atoms with Crippen molar-refractivity contribution in [3.63, 3.8) is 0 Å². The van der Waals surface area contributed by atoms with Crippen molar-refractivity contribution >= 4 is 40.2 Å². The van der Waals surface area contributed by atoms with Crippen LogP contribution >= 0.6 is 23.4 Å². The van der Waals surface area contributed by atoms with Crippen molar-refractivity contribution in [3.8, 4) is 0 Å². The number of benzene rings is 2. The number of amides is 2. The van der Waals surface area contributed by atoms with E-state index in [1.807, 2.05) is 54.6 Å². The molecular formula is C29H37ClN4O4S. The molecule has 0 radical (unpaired) electrons. The van der Waals surface area contributed by atoms with Gasteiger partial charge >= 0.3 is 0 Å². The maximum atomic E-state index is 13.9. The molecule has 0 aliphatic carbocycles. The van der Waals surface area contributed by atoms with Gasteiger partial charge in [-0.1, -0.05) is 54.1 Å². The number of nitrogens with zero attached hydrogens (tertiary/aromatic N) is 2. The summed E-state index contributed by atoms with van der Waals surface area (Å²) in [6.45, 7) is 4.15. The van der Waals surface area contributed by atoms with Gasteiger partial charge in [0.2, 0.25) is 11.8 Å². The summed E-state index contributed by atoms with van der Waals surface area (Å²) >= 11 is 7.76. The summed E-state index contributed by atoms with van der Waals surface area (Å²) in [5.74, 6) is -0.00920. The van der Waals surface area contributed by atoms with E-state index in [0.29, 0.717) is 30.3 Å². The number of aliphatic imine (C=N–C) groups is 1. The van der Waals surface area contributed by atoms with Crippen LogP contribution in [0.2, 0.25) is 5.02 Å². The number of halogens is 1. The van der Waals surface area contributed by atoms with Gasteiger partial charge in [0.15, 0.2) is 0 Å². The Hall–Kier alpha value is -2.43. The Morgan fingerprint density at radius 2 is 1.97 bits per heavy atom. The smallest absolute Gasteiger partial charge is 0.248 e. The monoisotopic (exact) mass is 572 g/mol. The maximum absolute atomic E-state index is 13.9. The number of rotatable bonds is 11. The number of likely N-dealkylation sites (tertiary alicyclic amines) is 1. The van der Waals surface area contributed by atoms with Crippen LogP contribution in [0.25, 0.3) is 0 Å². The molecule has 2 aromatic carbocycles. The minimum absolute atomic E-state index is 0.103. The predicted molar refractivity (Wildman–Crippen MR) is 156 cm³/mol. The predicted octanol–water partition coefficient (Wildman–Crippen LogP) is 3.19. The molecule has 2 heterocycles. The second-order valence-electron chi connectivity index (χ2n) is 10.4. The lowest BCUT2D eigenvalue weighted by Crippen LogP contribution is -2.58. The highest BCUT2D eigenvalue weighted by Crippen LogP contribution is 2.36. The minimum atomic E-state index is -0.895. The van der Waals surface area contributed by atoms with Crippen LogP contribution in [-0.4, -0.2) is 75.5 Å². The van der Waals surface area contributed by atoms with E-state index in [2.05, 4.69) is 5.32 Å². The van der Waals surface area contributed by atoms with Gasteiger partial charge in [0.1, 0.15) is 6.04 Å². The van der Waals surface area contributed by atoms with Crippen molar-refractivity contribution in [2.75, 3.05) is 18.9 Å². The van der Waals surface area contributed by atoms with Crippen molar-refractivity contribution < 1.29 is 19.4 Å². The molecule has 2 aliphatic heterocycles. The van der Waals surface area contributed by atoms with E-state index < -0.39 is 29.6 Å². The quantitative estimate of drug-likeness (QED) is 0.381. The van der Waals surface area contributed by atoms with Crippen LogP contribution in [0.3, 0.4) is 0 Å². The van der Waals surface area contributed by atoms with Gasteiger partial charge in [0.05, 0.1) is 42.0 Å². The van der Waals surface area contributed by atoms with Gasteiger partial charge < -0.3 is 25.8 Å². The highest BCUT2D eigenvalue weighted by Gasteiger charge is 2.43. The Labute approximate surface area is 239 Å². The molecule has 0 aromatic heterocycles. The number of hydrogen-bond acceptors (Lipinski definition) is 7. The van der Waals surface area contributed by atoms with E-state index in [1.165, 1.54) is 0 Å². The first-order chi connectivity index (χ1) is 18.7. The Balaban J connectivity index is 1.52. The van der Waals surface area contributed by atoms with Crippen molar-refractivity contribution in [1.29, 1.82) is 0 Å². The average Bonchev–Trinajstić information content (AvgIpc) is 3.58. The van der Waals surface area contributed by atoms with Crippen molar-refractivity contribution in [3.05, 3.63) is 70.7 Å². The number of nitrogens with two attached hydrogens (primary N) is 1. The van der Waals surface area contributed by atoms with Gasteiger partial charge in [-0.3, -0.25) is 14.6 Å². The molecule has 1 fully saturated rings. The topological polar surface area (TPSA) is 117 Å². The summed E-state index contributed by atoms with van der Waals surface area (Å²) in [5.41, 5.74) is 7.13. The molecule has 39 heavy (non-hydrogen) atoms. The Morgan fingerprint density at radius 3 is 2.67 bits per heavy atom. The lowest BCUT2D eigenvalue weighted by Gasteiger charge is -2.32. The Kier molecular flexibility index (Phi) is 10.1. The molecule has 2 aliphatic rings. The van der Waals surface area contributed by atoms with E-state index in [1.54, 1.807) is 30.5 Å². The Bertz CT molecular complexity index is 1180. The van der Waals surface area contributed by atoms with Crippen LogP contribution in [0.15, 0.2) is 59.6 Å². The molecule has 10 heteroatoms. The molecule has 1 saturated heterocycles. The number of ether oxygens (including phenoxy) is 1. The third kappa shape index (κ3) is 7.41. The molecule has 4 rings (SSSR count). The molecule has 2 unspecified atom stereocenters. The molecule has 0 saturated carbocycles. The normalized spacial score (nSPS) is 23.3. The number of aliphatic hydroxyl groups excluding tert-OH is 1. The third-order valence-electron chi connectivity index (χ3n) is 7.18. The van der Waals surface area contributed by atoms with Gasteiger partial charge in [-0.05, 0) is 49.9 Å². The summed E-state index contributed by atoms with van der Waals surface area (Å²) in [4.78, 5) is 33.3. The molecule has 2 amide bonds. The first kappa shape index (κ1) is 29.6. The number of carbonyl (C=O) groups excluding carboxylic acids is 2. The zero-order chi connectivity index (χ0) is 28.0. The molecule has 210 valence electrons. The average molecular weight is 573 g/mol. The fraction of sp³-hybridized carbons (Fsp3) is 0.483. The number of hydrogen-bond donors (Lipinski definition) is 3. The van der Waals surface area contributed by atoms with E-state index >= 15 is 0 Å². The molecule has 0 spiro atoms. The lowest BCUT2D eigenvalue weighted by molar-refractivity contribution is -0.141. The van der Waals surface area contributed by atoms with Gasteiger partial charge in [0, 0.05) is 23.7 Å². The second-order valence-corrected chi connectivity index (χ2v) is 11.8. The molecular weight excluding hydrogens is 536 g/mol. The molecule has 8 nitrogen and oxygen atoms in total. The SMILES string of the molecule is CC(OCc1ccccc1)C(NC(=O)[C@H](C)N)C(=O)N1CCC[C@H]1C1=N[C@](CO)(Cc2cccc(Cl)c2)CS1. The van der Waals surface area contributed by atoms with Crippen LogP contribution in [0, 0.1) is 0 Å². The van der Waals surface area contributed by atoms with Crippen molar-refractivity contribution in [2.45, 2.75) is 69.5 Å². The highest BCUT2D eigenvalue weighted by molar-refractivity contribution is 8.14. The minimum Gasteiger partial charge on any atom is -0.394 e. The van der Waals surface area contributed by atoms with Crippen molar-refractivity contribution in [1.82, 2.24) is 10.2 Å². The first-order valence-corrected chi connectivity index (χ1v) is 14.7. The largest absolute Gasteiger partial charge is 0.394 e. The highest BCUT2D eigenvalue weighted by atomic mass is 35.5. The number of nitrogens with one attached hydrogen (secondary N) is 1. The zero-order valence-electron chi connectivity index (χ0n) is 22.4. The van der Waals surface area contributed by atoms with E-state index in [9.17, 15) is 14.7 Å². The fourth-order valence-corrected chi connectivity index (χ4v) is 6.54. The fourth-order valence-electron chi connectivity index (χ4n) is 4.96. The van der Waals surface area contributed by atoms with Crippen LogP contribution in [-0.2, 0) is 27.4 Å². The first-order valence-electron chi connectivity index (χ1n) is 13.3. The lowest BCUT2D eigenvalue weighted by atomic mass is 9.94.